The second-order valence-electron chi connectivity index (χ2n) is 5.06. The SMILES string of the molecule is C[C@@H](Nc1ccccc1)C(=O)Nc1ccc2[nH]c(=O)[nH]c2c1. The molecule has 22 heavy (non-hydrogen) atoms. The third-order valence-corrected chi connectivity index (χ3v) is 3.33. The van der Waals surface area contributed by atoms with Gasteiger partial charge in [0, 0.05) is 11.4 Å². The first-order chi connectivity index (χ1) is 10.6. The van der Waals surface area contributed by atoms with Crippen LogP contribution in [0.25, 0.3) is 11.0 Å². The molecule has 112 valence electrons. The molecule has 0 radical (unpaired) electrons. The molecule has 1 aromatic heterocycles. The molecular formula is C16H16N4O2. The molecule has 0 spiro atoms. The van der Waals surface area contributed by atoms with Crippen molar-refractivity contribution in [2.75, 3.05) is 10.6 Å². The van der Waals surface area contributed by atoms with Crippen molar-refractivity contribution < 1.29 is 4.79 Å². The van der Waals surface area contributed by atoms with Gasteiger partial charge < -0.3 is 20.6 Å². The molecule has 3 rings (SSSR count). The first-order valence-corrected chi connectivity index (χ1v) is 6.96. The lowest BCUT2D eigenvalue weighted by atomic mass is 10.2. The largest absolute Gasteiger partial charge is 0.374 e. The number of aromatic nitrogens is 2. The van der Waals surface area contributed by atoms with Crippen molar-refractivity contribution in [3.8, 4) is 0 Å². The second-order valence-corrected chi connectivity index (χ2v) is 5.06. The van der Waals surface area contributed by atoms with E-state index < -0.39 is 0 Å². The van der Waals surface area contributed by atoms with Crippen LogP contribution in [-0.4, -0.2) is 21.9 Å². The van der Waals surface area contributed by atoms with E-state index in [0.29, 0.717) is 16.7 Å². The van der Waals surface area contributed by atoms with E-state index in [1.807, 2.05) is 30.3 Å². The quantitative estimate of drug-likeness (QED) is 0.595. The van der Waals surface area contributed by atoms with Gasteiger partial charge in [0.25, 0.3) is 0 Å². The van der Waals surface area contributed by atoms with E-state index in [-0.39, 0.29) is 17.6 Å². The standard InChI is InChI=1S/C16H16N4O2/c1-10(17-11-5-3-2-4-6-11)15(21)18-12-7-8-13-14(9-12)20-16(22)19-13/h2-10,17H,1H3,(H,18,21)(H2,19,20,22)/t10-/m1/s1. The Labute approximate surface area is 126 Å². The van der Waals surface area contributed by atoms with Crippen molar-refractivity contribution in [2.24, 2.45) is 0 Å². The topological polar surface area (TPSA) is 89.8 Å². The van der Waals surface area contributed by atoms with Crippen molar-refractivity contribution >= 4 is 28.3 Å². The van der Waals surface area contributed by atoms with Gasteiger partial charge in [-0.1, -0.05) is 18.2 Å². The third-order valence-electron chi connectivity index (χ3n) is 3.33. The summed E-state index contributed by atoms with van der Waals surface area (Å²) >= 11 is 0. The van der Waals surface area contributed by atoms with Gasteiger partial charge in [0.1, 0.15) is 6.04 Å². The molecule has 0 unspecified atom stereocenters. The number of hydrogen-bond acceptors (Lipinski definition) is 3. The number of aromatic amines is 2. The van der Waals surface area contributed by atoms with Crippen LogP contribution in [0.2, 0.25) is 0 Å². The van der Waals surface area contributed by atoms with E-state index in [1.54, 1.807) is 25.1 Å². The number of benzene rings is 2. The zero-order valence-electron chi connectivity index (χ0n) is 12.0. The summed E-state index contributed by atoms with van der Waals surface area (Å²) < 4.78 is 0. The Morgan fingerprint density at radius 2 is 1.73 bits per heavy atom. The van der Waals surface area contributed by atoms with Crippen molar-refractivity contribution in [1.82, 2.24) is 9.97 Å². The van der Waals surface area contributed by atoms with Crippen LogP contribution in [0, 0.1) is 0 Å². The zero-order valence-corrected chi connectivity index (χ0v) is 12.0. The smallest absolute Gasteiger partial charge is 0.323 e. The van der Waals surface area contributed by atoms with E-state index in [0.717, 1.165) is 5.69 Å². The number of H-pyrrole nitrogens is 2. The third kappa shape index (κ3) is 3.01. The van der Waals surface area contributed by atoms with Crippen LogP contribution in [-0.2, 0) is 4.79 Å². The summed E-state index contributed by atoms with van der Waals surface area (Å²) in [6.45, 7) is 1.79. The summed E-state index contributed by atoms with van der Waals surface area (Å²) in [5.74, 6) is -0.152. The van der Waals surface area contributed by atoms with Gasteiger partial charge in [0.2, 0.25) is 5.91 Å². The lowest BCUT2D eigenvalue weighted by Gasteiger charge is -2.15. The predicted molar refractivity (Wildman–Crippen MR) is 87.1 cm³/mol. The van der Waals surface area contributed by atoms with Gasteiger partial charge in [-0.2, -0.15) is 0 Å². The maximum Gasteiger partial charge on any atom is 0.323 e. The van der Waals surface area contributed by atoms with Crippen LogP contribution < -0.4 is 16.3 Å². The zero-order chi connectivity index (χ0) is 15.5. The molecule has 0 aliphatic carbocycles. The summed E-state index contributed by atoms with van der Waals surface area (Å²) in [5, 5.41) is 5.95. The summed E-state index contributed by atoms with van der Waals surface area (Å²) in [5.41, 5.74) is 2.62. The van der Waals surface area contributed by atoms with E-state index in [2.05, 4.69) is 20.6 Å². The average molecular weight is 296 g/mol. The minimum Gasteiger partial charge on any atom is -0.374 e. The van der Waals surface area contributed by atoms with Gasteiger partial charge in [0.15, 0.2) is 0 Å². The highest BCUT2D eigenvalue weighted by Crippen LogP contribution is 2.15. The van der Waals surface area contributed by atoms with E-state index in [9.17, 15) is 9.59 Å². The molecule has 1 atom stereocenters. The van der Waals surface area contributed by atoms with Crippen LogP contribution in [0.5, 0.6) is 0 Å². The number of nitrogens with one attached hydrogen (secondary N) is 4. The van der Waals surface area contributed by atoms with Gasteiger partial charge in [-0.25, -0.2) is 4.79 Å². The first kappa shape index (κ1) is 13.9. The van der Waals surface area contributed by atoms with Gasteiger partial charge in [-0.05, 0) is 37.3 Å². The number of amides is 1. The Morgan fingerprint density at radius 1 is 1.00 bits per heavy atom. The van der Waals surface area contributed by atoms with Crippen molar-refractivity contribution in [1.29, 1.82) is 0 Å². The molecule has 1 heterocycles. The number of para-hydroxylation sites is 1. The predicted octanol–water partition coefficient (Wildman–Crippen LogP) is 2.30. The van der Waals surface area contributed by atoms with Crippen LogP contribution in [0.1, 0.15) is 6.92 Å². The Morgan fingerprint density at radius 3 is 2.50 bits per heavy atom. The highest BCUT2D eigenvalue weighted by molar-refractivity contribution is 5.97. The van der Waals surface area contributed by atoms with Crippen LogP contribution in [0.3, 0.4) is 0 Å². The van der Waals surface area contributed by atoms with Gasteiger partial charge in [0.05, 0.1) is 11.0 Å². The van der Waals surface area contributed by atoms with Crippen LogP contribution >= 0.6 is 0 Å². The normalized spacial score (nSPS) is 12.0. The highest BCUT2D eigenvalue weighted by atomic mass is 16.2. The molecule has 1 amide bonds. The van der Waals surface area contributed by atoms with Crippen LogP contribution in [0.4, 0.5) is 11.4 Å². The second kappa shape index (κ2) is 5.77. The lowest BCUT2D eigenvalue weighted by Crippen LogP contribution is -2.31. The average Bonchev–Trinajstić information content (AvgIpc) is 2.87. The lowest BCUT2D eigenvalue weighted by molar-refractivity contribution is -0.116. The molecule has 0 fully saturated rings. The minimum absolute atomic E-state index is 0.152. The Hall–Kier alpha value is -3.02. The number of rotatable bonds is 4. The maximum atomic E-state index is 12.2. The summed E-state index contributed by atoms with van der Waals surface area (Å²) in [4.78, 5) is 28.8. The number of fused-ring (bicyclic) bond motifs is 1. The highest BCUT2D eigenvalue weighted by Gasteiger charge is 2.13. The van der Waals surface area contributed by atoms with Crippen molar-refractivity contribution in [3.63, 3.8) is 0 Å². The fraction of sp³-hybridized carbons (Fsp3) is 0.125. The molecule has 0 bridgehead atoms. The Kier molecular flexibility index (Phi) is 3.65. The molecule has 0 saturated carbocycles. The van der Waals surface area contributed by atoms with Crippen molar-refractivity contribution in [2.45, 2.75) is 13.0 Å². The summed E-state index contributed by atoms with van der Waals surface area (Å²) in [6.07, 6.45) is 0. The molecule has 3 aromatic rings. The summed E-state index contributed by atoms with van der Waals surface area (Å²) in [7, 11) is 0. The molecule has 6 nitrogen and oxygen atoms in total. The molecule has 2 aromatic carbocycles. The fourth-order valence-electron chi connectivity index (χ4n) is 2.21. The van der Waals surface area contributed by atoms with Crippen LogP contribution in [0.15, 0.2) is 53.3 Å². The first-order valence-electron chi connectivity index (χ1n) is 6.96. The van der Waals surface area contributed by atoms with E-state index in [4.69, 9.17) is 0 Å². The number of hydrogen-bond donors (Lipinski definition) is 4. The van der Waals surface area contributed by atoms with E-state index in [1.165, 1.54) is 0 Å². The molecule has 0 aliphatic rings. The monoisotopic (exact) mass is 296 g/mol. The number of carbonyl (C=O) groups is 1. The molecule has 0 aliphatic heterocycles. The number of anilines is 2. The van der Waals surface area contributed by atoms with E-state index >= 15 is 0 Å². The molecule has 4 N–H and O–H groups in total. The number of carbonyl (C=O) groups excluding carboxylic acids is 1. The Bertz CT molecular complexity index is 851. The maximum absolute atomic E-state index is 12.2. The molecule has 0 saturated heterocycles. The van der Waals surface area contributed by atoms with Gasteiger partial charge in [-0.3, -0.25) is 4.79 Å². The fourth-order valence-corrected chi connectivity index (χ4v) is 2.21. The minimum atomic E-state index is -0.386. The summed E-state index contributed by atoms with van der Waals surface area (Å²) in [6, 6.07) is 14.4. The number of imidazole rings is 1. The molecular weight excluding hydrogens is 280 g/mol. The molecule has 6 heteroatoms. The van der Waals surface area contributed by atoms with Crippen molar-refractivity contribution in [3.05, 3.63) is 59.0 Å². The van der Waals surface area contributed by atoms with Gasteiger partial charge in [-0.15, -0.1) is 0 Å². The Balaban J connectivity index is 1.70. The van der Waals surface area contributed by atoms with Gasteiger partial charge >= 0.3 is 5.69 Å².